The van der Waals surface area contributed by atoms with Gasteiger partial charge in [0.15, 0.2) is 0 Å². The molecule has 31 heavy (non-hydrogen) atoms. The number of ether oxygens (including phenoxy) is 1. The van der Waals surface area contributed by atoms with E-state index in [2.05, 4.69) is 6.92 Å². The molecule has 1 aliphatic heterocycles. The van der Waals surface area contributed by atoms with Gasteiger partial charge in [0.05, 0.1) is 4.92 Å². The molecule has 174 valence electrons. The standard InChI is InChI=1S/C26H41NO4/c1-6-14-22(27(29)30)15-12-10-8-7-9-11-13-17-26(5)18-16-23-21(4)24(28)19(2)20(3)25(23)31-26/h15,28H,6-14,16-18H2,1-5H3/b22-15-. The second-order valence-electron chi connectivity index (χ2n) is 9.45. The Balaban J connectivity index is 1.71. The molecule has 0 fully saturated rings. The minimum absolute atomic E-state index is 0.128. The summed E-state index contributed by atoms with van der Waals surface area (Å²) in [6.45, 7) is 10.2. The summed E-state index contributed by atoms with van der Waals surface area (Å²) >= 11 is 0. The molecule has 1 N–H and O–H groups in total. The zero-order valence-corrected chi connectivity index (χ0v) is 20.2. The van der Waals surface area contributed by atoms with Crippen LogP contribution in [-0.2, 0) is 6.42 Å². The highest BCUT2D eigenvalue weighted by atomic mass is 16.6. The van der Waals surface area contributed by atoms with Crippen LogP contribution in [0.3, 0.4) is 0 Å². The summed E-state index contributed by atoms with van der Waals surface area (Å²) in [6, 6.07) is 0. The maximum Gasteiger partial charge on any atom is 0.242 e. The number of rotatable bonds is 12. The predicted octanol–water partition coefficient (Wildman–Crippen LogP) is 7.48. The first-order valence-corrected chi connectivity index (χ1v) is 12.0. The van der Waals surface area contributed by atoms with E-state index in [4.69, 9.17) is 4.74 Å². The molecule has 0 bridgehead atoms. The Morgan fingerprint density at radius 2 is 1.74 bits per heavy atom. The number of phenolic OH excluding ortho intramolecular Hbond substituents is 1. The van der Waals surface area contributed by atoms with Crippen LogP contribution in [0.25, 0.3) is 0 Å². The van der Waals surface area contributed by atoms with Gasteiger partial charge in [0, 0.05) is 12.0 Å². The molecule has 5 heteroatoms. The predicted molar refractivity (Wildman–Crippen MR) is 127 cm³/mol. The summed E-state index contributed by atoms with van der Waals surface area (Å²) in [7, 11) is 0. The van der Waals surface area contributed by atoms with Crippen LogP contribution in [0.5, 0.6) is 11.5 Å². The van der Waals surface area contributed by atoms with Crippen molar-refractivity contribution in [2.75, 3.05) is 0 Å². The van der Waals surface area contributed by atoms with Crippen molar-refractivity contribution < 1.29 is 14.8 Å². The number of unbranched alkanes of at least 4 members (excludes halogenated alkanes) is 6. The molecule has 2 rings (SSSR count). The van der Waals surface area contributed by atoms with Crippen LogP contribution in [0.15, 0.2) is 11.8 Å². The molecule has 1 unspecified atom stereocenters. The maximum atomic E-state index is 10.9. The molecule has 1 aliphatic rings. The summed E-state index contributed by atoms with van der Waals surface area (Å²) < 4.78 is 6.52. The maximum absolute atomic E-state index is 10.9. The first kappa shape index (κ1) is 25.2. The number of hydrogen-bond donors (Lipinski definition) is 1. The fraction of sp³-hybridized carbons (Fsp3) is 0.692. The van der Waals surface area contributed by atoms with E-state index in [-0.39, 0.29) is 10.5 Å². The Morgan fingerprint density at radius 1 is 1.10 bits per heavy atom. The van der Waals surface area contributed by atoms with Gasteiger partial charge in [-0.15, -0.1) is 0 Å². The van der Waals surface area contributed by atoms with Gasteiger partial charge in [0.1, 0.15) is 17.1 Å². The fourth-order valence-corrected chi connectivity index (χ4v) is 4.61. The number of nitro groups is 1. The Hall–Kier alpha value is -2.04. The molecular formula is C26H41NO4. The van der Waals surface area contributed by atoms with Gasteiger partial charge >= 0.3 is 0 Å². The van der Waals surface area contributed by atoms with Gasteiger partial charge in [0.25, 0.3) is 0 Å². The van der Waals surface area contributed by atoms with Crippen molar-refractivity contribution in [3.8, 4) is 11.5 Å². The zero-order chi connectivity index (χ0) is 23.0. The third-order valence-corrected chi connectivity index (χ3v) is 6.87. The minimum Gasteiger partial charge on any atom is -0.507 e. The van der Waals surface area contributed by atoms with Crippen molar-refractivity contribution in [2.24, 2.45) is 0 Å². The molecule has 5 nitrogen and oxygen atoms in total. The Kier molecular flexibility index (Phi) is 9.39. The average molecular weight is 432 g/mol. The summed E-state index contributed by atoms with van der Waals surface area (Å²) in [5, 5.41) is 21.3. The lowest BCUT2D eigenvalue weighted by molar-refractivity contribution is -0.428. The number of allylic oxidation sites excluding steroid dienone is 2. The molecule has 1 heterocycles. The molecule has 1 aromatic rings. The smallest absolute Gasteiger partial charge is 0.242 e. The van der Waals surface area contributed by atoms with Gasteiger partial charge in [-0.3, -0.25) is 10.1 Å². The van der Waals surface area contributed by atoms with E-state index >= 15 is 0 Å². The highest BCUT2D eigenvalue weighted by Crippen LogP contribution is 2.44. The number of fused-ring (bicyclic) bond motifs is 1. The summed E-state index contributed by atoms with van der Waals surface area (Å²) in [5.41, 5.74) is 4.38. The summed E-state index contributed by atoms with van der Waals surface area (Å²) in [4.78, 5) is 10.7. The van der Waals surface area contributed by atoms with Gasteiger partial charge in [-0.05, 0) is 95.4 Å². The lowest BCUT2D eigenvalue weighted by Crippen LogP contribution is -2.37. The van der Waals surface area contributed by atoms with Crippen molar-refractivity contribution >= 4 is 0 Å². The molecule has 0 amide bonds. The molecule has 0 aromatic heterocycles. The Labute approximate surface area is 188 Å². The number of aromatic hydroxyl groups is 1. The van der Waals surface area contributed by atoms with Crippen molar-refractivity contribution in [1.82, 2.24) is 0 Å². The molecule has 1 aromatic carbocycles. The first-order chi connectivity index (χ1) is 14.7. The van der Waals surface area contributed by atoms with E-state index in [1.165, 1.54) is 24.8 Å². The van der Waals surface area contributed by atoms with Crippen molar-refractivity contribution in [1.29, 1.82) is 0 Å². The molecule has 1 atom stereocenters. The molecule has 0 radical (unpaired) electrons. The molecule has 0 saturated carbocycles. The van der Waals surface area contributed by atoms with Gasteiger partial charge in [-0.2, -0.15) is 0 Å². The van der Waals surface area contributed by atoms with Crippen LogP contribution in [0, 0.1) is 30.9 Å². The second kappa shape index (κ2) is 11.5. The van der Waals surface area contributed by atoms with Crippen LogP contribution >= 0.6 is 0 Å². The molecule has 0 spiro atoms. The van der Waals surface area contributed by atoms with Gasteiger partial charge in [0.2, 0.25) is 5.70 Å². The quantitative estimate of drug-likeness (QED) is 0.211. The minimum atomic E-state index is -0.233. The lowest BCUT2D eigenvalue weighted by Gasteiger charge is -2.38. The van der Waals surface area contributed by atoms with E-state index in [0.717, 1.165) is 73.8 Å². The number of hydrogen-bond acceptors (Lipinski definition) is 4. The van der Waals surface area contributed by atoms with Gasteiger partial charge in [-0.25, -0.2) is 0 Å². The third kappa shape index (κ3) is 6.72. The van der Waals surface area contributed by atoms with Crippen molar-refractivity contribution in [2.45, 2.75) is 117 Å². The third-order valence-electron chi connectivity index (χ3n) is 6.87. The molecular weight excluding hydrogens is 390 g/mol. The summed E-state index contributed by atoms with van der Waals surface area (Å²) in [6.07, 6.45) is 13.9. The number of benzene rings is 1. The van der Waals surface area contributed by atoms with Gasteiger partial charge in [-0.1, -0.05) is 32.6 Å². The Morgan fingerprint density at radius 3 is 2.39 bits per heavy atom. The molecule has 0 saturated heterocycles. The van der Waals surface area contributed by atoms with E-state index in [0.29, 0.717) is 17.9 Å². The van der Waals surface area contributed by atoms with Crippen molar-refractivity contribution in [3.05, 3.63) is 44.1 Å². The van der Waals surface area contributed by atoms with Gasteiger partial charge < -0.3 is 9.84 Å². The summed E-state index contributed by atoms with van der Waals surface area (Å²) in [5.74, 6) is 1.41. The zero-order valence-electron chi connectivity index (χ0n) is 20.2. The van der Waals surface area contributed by atoms with Crippen LogP contribution in [0.4, 0.5) is 0 Å². The SMILES string of the molecule is CCC/C(=C/CCCCCCCCC1(C)CCc2c(C)c(O)c(C)c(C)c2O1)[N+](=O)[O-]. The first-order valence-electron chi connectivity index (χ1n) is 12.0. The van der Waals surface area contributed by atoms with Crippen LogP contribution in [-0.4, -0.2) is 15.6 Å². The highest BCUT2D eigenvalue weighted by molar-refractivity contribution is 5.58. The van der Waals surface area contributed by atoms with E-state index in [9.17, 15) is 15.2 Å². The van der Waals surface area contributed by atoms with E-state index in [1.54, 1.807) is 0 Å². The topological polar surface area (TPSA) is 72.6 Å². The largest absolute Gasteiger partial charge is 0.507 e. The monoisotopic (exact) mass is 431 g/mol. The fourth-order valence-electron chi connectivity index (χ4n) is 4.61. The number of phenols is 1. The Bertz CT molecular complexity index is 799. The van der Waals surface area contributed by atoms with E-state index in [1.807, 2.05) is 33.8 Å². The average Bonchev–Trinajstić information content (AvgIpc) is 2.74. The van der Waals surface area contributed by atoms with Crippen LogP contribution < -0.4 is 4.74 Å². The van der Waals surface area contributed by atoms with Crippen molar-refractivity contribution in [3.63, 3.8) is 0 Å². The molecule has 0 aliphatic carbocycles. The second-order valence-corrected chi connectivity index (χ2v) is 9.45. The van der Waals surface area contributed by atoms with E-state index < -0.39 is 0 Å². The lowest BCUT2D eigenvalue weighted by atomic mass is 9.84. The van der Waals surface area contributed by atoms with Crippen LogP contribution in [0.2, 0.25) is 0 Å². The number of nitrogens with zero attached hydrogens (tertiary/aromatic N) is 1. The van der Waals surface area contributed by atoms with Crippen LogP contribution in [0.1, 0.15) is 107 Å². The highest BCUT2D eigenvalue weighted by Gasteiger charge is 2.34. The normalized spacial score (nSPS) is 18.5.